The monoisotopic (exact) mass is 338 g/mol. The van der Waals surface area contributed by atoms with Crippen LogP contribution >= 0.6 is 0 Å². The molecule has 2 aromatic heterocycles. The highest BCUT2D eigenvalue weighted by Gasteiger charge is 2.25. The van der Waals surface area contributed by atoms with Gasteiger partial charge < -0.3 is 8.98 Å². The van der Waals surface area contributed by atoms with Crippen LogP contribution in [0, 0.1) is 6.92 Å². The maximum atomic E-state index is 11.2. The molecule has 1 N–H and O–H groups in total. The zero-order valence-electron chi connectivity index (χ0n) is 13.4. The lowest BCUT2D eigenvalue weighted by Gasteiger charge is -2.34. The van der Waals surface area contributed by atoms with Crippen LogP contribution in [0.15, 0.2) is 29.1 Å². The van der Waals surface area contributed by atoms with Crippen molar-refractivity contribution in [1.29, 1.82) is 0 Å². The average molecular weight is 338 g/mol. The van der Waals surface area contributed by atoms with E-state index in [1.54, 1.807) is 0 Å². The van der Waals surface area contributed by atoms with Crippen molar-refractivity contribution in [2.75, 3.05) is 19.3 Å². The first-order valence-corrected chi connectivity index (χ1v) is 9.53. The Labute approximate surface area is 136 Å². The van der Waals surface area contributed by atoms with Gasteiger partial charge >= 0.3 is 0 Å². The number of nitrogens with zero attached hydrogens (tertiary/aromatic N) is 3. The zero-order valence-corrected chi connectivity index (χ0v) is 14.2. The van der Waals surface area contributed by atoms with Crippen molar-refractivity contribution < 1.29 is 12.8 Å². The lowest BCUT2D eigenvalue weighted by atomic mass is 10.1. The van der Waals surface area contributed by atoms with Crippen molar-refractivity contribution in [2.24, 2.45) is 0 Å². The summed E-state index contributed by atoms with van der Waals surface area (Å²) in [6.07, 6.45) is 5.61. The molecular formula is C15H22N4O3S. The summed E-state index contributed by atoms with van der Waals surface area (Å²) in [6, 6.07) is 4.17. The number of imidazole rings is 1. The Morgan fingerprint density at radius 3 is 2.96 bits per heavy atom. The van der Waals surface area contributed by atoms with Crippen molar-refractivity contribution in [3.8, 4) is 0 Å². The van der Waals surface area contributed by atoms with Gasteiger partial charge in [0.1, 0.15) is 11.5 Å². The summed E-state index contributed by atoms with van der Waals surface area (Å²) >= 11 is 0. The van der Waals surface area contributed by atoms with Crippen molar-refractivity contribution in [3.63, 3.8) is 0 Å². The van der Waals surface area contributed by atoms with Crippen LogP contribution in [0.3, 0.4) is 0 Å². The Kier molecular flexibility index (Phi) is 4.56. The van der Waals surface area contributed by atoms with Gasteiger partial charge in [0, 0.05) is 31.9 Å². The molecule has 2 aromatic rings. The molecule has 0 saturated carbocycles. The molecule has 8 heteroatoms. The highest BCUT2D eigenvalue weighted by Crippen LogP contribution is 2.25. The molecule has 1 aliphatic heterocycles. The Morgan fingerprint density at radius 2 is 2.26 bits per heavy atom. The number of sulfonamides is 1. The van der Waals surface area contributed by atoms with Gasteiger partial charge in [-0.1, -0.05) is 0 Å². The van der Waals surface area contributed by atoms with E-state index in [1.807, 2.05) is 31.6 Å². The third-order valence-electron chi connectivity index (χ3n) is 4.01. The molecule has 3 rings (SSSR count). The number of rotatable bonds is 6. The van der Waals surface area contributed by atoms with Gasteiger partial charge in [-0.3, -0.25) is 4.90 Å². The molecule has 1 atom stereocenters. The fourth-order valence-corrected chi connectivity index (χ4v) is 3.50. The van der Waals surface area contributed by atoms with Crippen molar-refractivity contribution in [2.45, 2.75) is 32.5 Å². The smallest absolute Gasteiger partial charge is 0.208 e. The van der Waals surface area contributed by atoms with Crippen LogP contribution in [0.5, 0.6) is 0 Å². The van der Waals surface area contributed by atoms with Crippen LogP contribution in [0.25, 0.3) is 0 Å². The molecule has 0 bridgehead atoms. The normalized spacial score (nSPS) is 19.0. The molecule has 0 aromatic carbocycles. The molecular weight excluding hydrogens is 316 g/mol. The van der Waals surface area contributed by atoms with Crippen LogP contribution in [-0.4, -0.2) is 42.2 Å². The van der Waals surface area contributed by atoms with Gasteiger partial charge in [0.15, 0.2) is 0 Å². The van der Waals surface area contributed by atoms with E-state index < -0.39 is 10.0 Å². The van der Waals surface area contributed by atoms with Gasteiger partial charge in [0.25, 0.3) is 0 Å². The minimum atomic E-state index is -3.15. The maximum absolute atomic E-state index is 11.2. The Hall–Kier alpha value is -1.64. The molecule has 0 fully saturated rings. The van der Waals surface area contributed by atoms with Gasteiger partial charge in [-0.25, -0.2) is 18.1 Å². The first-order valence-electron chi connectivity index (χ1n) is 7.64. The average Bonchev–Trinajstić information content (AvgIpc) is 3.06. The summed E-state index contributed by atoms with van der Waals surface area (Å²) in [5.74, 6) is 1.86. The van der Waals surface area contributed by atoms with E-state index in [0.717, 1.165) is 43.3 Å². The van der Waals surface area contributed by atoms with Crippen LogP contribution < -0.4 is 4.72 Å². The lowest BCUT2D eigenvalue weighted by Crippen LogP contribution is -2.38. The quantitative estimate of drug-likeness (QED) is 0.858. The predicted molar refractivity (Wildman–Crippen MR) is 86.3 cm³/mol. The van der Waals surface area contributed by atoms with Gasteiger partial charge in [-0.15, -0.1) is 0 Å². The Balaban J connectivity index is 1.67. The molecule has 0 saturated heterocycles. The van der Waals surface area contributed by atoms with Crippen molar-refractivity contribution in [3.05, 3.63) is 41.9 Å². The minimum absolute atomic E-state index is 0.201. The Morgan fingerprint density at radius 1 is 1.43 bits per heavy atom. The van der Waals surface area contributed by atoms with E-state index in [2.05, 4.69) is 19.2 Å². The first kappa shape index (κ1) is 16.2. The molecule has 1 aliphatic rings. The fraction of sp³-hybridized carbons (Fsp3) is 0.533. The van der Waals surface area contributed by atoms with Crippen molar-refractivity contribution >= 4 is 10.0 Å². The number of furan rings is 1. The summed E-state index contributed by atoms with van der Waals surface area (Å²) in [4.78, 5) is 6.54. The highest BCUT2D eigenvalue weighted by molar-refractivity contribution is 7.88. The zero-order chi connectivity index (χ0) is 16.4. The number of hydrogen-bond donors (Lipinski definition) is 1. The molecule has 7 nitrogen and oxygen atoms in total. The molecule has 0 unspecified atom stereocenters. The predicted octanol–water partition coefficient (Wildman–Crippen LogP) is 1.28. The largest absolute Gasteiger partial charge is 0.465 e. The topological polar surface area (TPSA) is 80.4 Å². The van der Waals surface area contributed by atoms with E-state index in [-0.39, 0.29) is 6.04 Å². The summed E-state index contributed by atoms with van der Waals surface area (Å²) < 4.78 is 32.8. The van der Waals surface area contributed by atoms with E-state index >= 15 is 0 Å². The van der Waals surface area contributed by atoms with E-state index in [0.29, 0.717) is 6.54 Å². The van der Waals surface area contributed by atoms with E-state index in [1.165, 1.54) is 6.26 Å². The minimum Gasteiger partial charge on any atom is -0.465 e. The Bertz CT molecular complexity index is 765. The summed E-state index contributed by atoms with van der Waals surface area (Å²) in [5, 5.41) is 0. The number of hydrogen-bond acceptors (Lipinski definition) is 5. The second-order valence-electron chi connectivity index (χ2n) is 6.08. The first-order chi connectivity index (χ1) is 10.9. The summed E-state index contributed by atoms with van der Waals surface area (Å²) in [6.45, 7) is 4.77. The standard InChI is InChI=1S/C15H22N4O3S/c1-12-3-4-15(22-12)10-18-8-13(5-6-17-23(2,20)21)19-11-16-7-14(19)9-18/h3-4,7,11,13,17H,5-6,8-10H2,1-2H3/t13-/m1/s1. The molecule has 0 amide bonds. The van der Waals surface area contributed by atoms with Gasteiger partial charge in [0.05, 0.1) is 24.8 Å². The lowest BCUT2D eigenvalue weighted by molar-refractivity contribution is 0.160. The molecule has 23 heavy (non-hydrogen) atoms. The van der Waals surface area contributed by atoms with Gasteiger partial charge in [0.2, 0.25) is 10.0 Å². The molecule has 126 valence electrons. The van der Waals surface area contributed by atoms with Crippen LogP contribution in [0.1, 0.15) is 29.7 Å². The molecule has 0 radical (unpaired) electrons. The second kappa shape index (κ2) is 6.46. The van der Waals surface area contributed by atoms with Gasteiger partial charge in [-0.05, 0) is 25.5 Å². The highest BCUT2D eigenvalue weighted by atomic mass is 32.2. The van der Waals surface area contributed by atoms with E-state index in [4.69, 9.17) is 4.42 Å². The third kappa shape index (κ3) is 4.21. The van der Waals surface area contributed by atoms with Crippen LogP contribution in [0.2, 0.25) is 0 Å². The molecule has 0 spiro atoms. The number of fused-ring (bicyclic) bond motifs is 1. The number of aromatic nitrogens is 2. The fourth-order valence-electron chi connectivity index (χ4n) is 3.02. The van der Waals surface area contributed by atoms with Gasteiger partial charge in [-0.2, -0.15) is 0 Å². The van der Waals surface area contributed by atoms with Crippen LogP contribution in [0.4, 0.5) is 0 Å². The third-order valence-corrected chi connectivity index (χ3v) is 4.74. The maximum Gasteiger partial charge on any atom is 0.208 e. The van der Waals surface area contributed by atoms with Crippen molar-refractivity contribution in [1.82, 2.24) is 19.2 Å². The van der Waals surface area contributed by atoms with E-state index in [9.17, 15) is 8.42 Å². The second-order valence-corrected chi connectivity index (χ2v) is 7.92. The molecule has 0 aliphatic carbocycles. The SMILES string of the molecule is Cc1ccc(CN2Cc3cncn3[C@H](CCNS(C)(=O)=O)C2)o1. The summed E-state index contributed by atoms with van der Waals surface area (Å²) in [5.41, 5.74) is 1.14. The van der Waals surface area contributed by atoms with Crippen LogP contribution in [-0.2, 0) is 23.1 Å². The number of nitrogens with one attached hydrogen (secondary N) is 1. The number of aryl methyl sites for hydroxylation is 1. The summed E-state index contributed by atoms with van der Waals surface area (Å²) in [7, 11) is -3.15. The molecule has 3 heterocycles.